The zero-order chi connectivity index (χ0) is 10.6. The van der Waals surface area contributed by atoms with Crippen molar-refractivity contribution in [1.29, 1.82) is 0 Å². The lowest BCUT2D eigenvalue weighted by Gasteiger charge is -2.07. The standard InChI is InChI=1S/C10H14O2S2/c11-9(12)4-2-1-3-7-5-6-8(13)10(7)14/h7H,1-6H2,(H,11,12). The summed E-state index contributed by atoms with van der Waals surface area (Å²) >= 11 is 10.3. The van der Waals surface area contributed by atoms with Gasteiger partial charge in [0, 0.05) is 16.1 Å². The molecule has 0 aliphatic heterocycles. The van der Waals surface area contributed by atoms with E-state index in [2.05, 4.69) is 0 Å². The van der Waals surface area contributed by atoms with Gasteiger partial charge in [0.1, 0.15) is 0 Å². The minimum Gasteiger partial charge on any atom is -0.481 e. The SMILES string of the molecule is O=C(O)CCCCC1CCC(=S)C1=S. The number of hydrogen-bond donors (Lipinski definition) is 1. The molecule has 1 fully saturated rings. The molecule has 0 aromatic rings. The molecule has 4 heteroatoms. The molecular weight excluding hydrogens is 216 g/mol. The van der Waals surface area contributed by atoms with E-state index in [-0.39, 0.29) is 6.42 Å². The van der Waals surface area contributed by atoms with Crippen molar-refractivity contribution in [2.45, 2.75) is 38.5 Å². The van der Waals surface area contributed by atoms with Crippen LogP contribution in [0.4, 0.5) is 0 Å². The number of unbranched alkanes of at least 4 members (excludes halogenated alkanes) is 1. The fraction of sp³-hybridized carbons (Fsp3) is 0.700. The van der Waals surface area contributed by atoms with Crippen LogP contribution in [0.25, 0.3) is 0 Å². The van der Waals surface area contributed by atoms with Crippen molar-refractivity contribution in [3.63, 3.8) is 0 Å². The Morgan fingerprint density at radius 3 is 2.64 bits per heavy atom. The number of carboxylic acids is 1. The molecule has 0 bridgehead atoms. The molecule has 0 radical (unpaired) electrons. The number of aliphatic carboxylic acids is 1. The number of carboxylic acid groups (broad SMARTS) is 1. The molecule has 1 rings (SSSR count). The molecule has 0 aromatic heterocycles. The van der Waals surface area contributed by atoms with Gasteiger partial charge in [0.25, 0.3) is 0 Å². The van der Waals surface area contributed by atoms with Crippen LogP contribution in [0.3, 0.4) is 0 Å². The lowest BCUT2D eigenvalue weighted by molar-refractivity contribution is -0.137. The fourth-order valence-corrected chi connectivity index (χ4v) is 2.35. The molecule has 0 spiro atoms. The second-order valence-electron chi connectivity index (χ2n) is 3.66. The monoisotopic (exact) mass is 230 g/mol. The molecule has 0 aromatic carbocycles. The first-order valence-electron chi connectivity index (χ1n) is 4.90. The first-order valence-corrected chi connectivity index (χ1v) is 5.71. The van der Waals surface area contributed by atoms with E-state index in [0.29, 0.717) is 5.92 Å². The predicted molar refractivity (Wildman–Crippen MR) is 64.0 cm³/mol. The molecule has 0 amide bonds. The quantitative estimate of drug-likeness (QED) is 0.582. The zero-order valence-electron chi connectivity index (χ0n) is 7.99. The third-order valence-electron chi connectivity index (χ3n) is 2.56. The Kier molecular flexibility index (Phi) is 4.62. The first kappa shape index (κ1) is 11.7. The zero-order valence-corrected chi connectivity index (χ0v) is 9.62. The van der Waals surface area contributed by atoms with Gasteiger partial charge in [-0.3, -0.25) is 4.79 Å². The van der Waals surface area contributed by atoms with Crippen molar-refractivity contribution in [2.75, 3.05) is 0 Å². The van der Waals surface area contributed by atoms with Crippen LogP contribution in [-0.4, -0.2) is 20.8 Å². The van der Waals surface area contributed by atoms with Crippen LogP contribution in [0.15, 0.2) is 0 Å². The minimum atomic E-state index is -0.713. The Hall–Kier alpha value is -0.350. The van der Waals surface area contributed by atoms with Crippen molar-refractivity contribution in [2.24, 2.45) is 5.92 Å². The summed E-state index contributed by atoms with van der Waals surface area (Å²) in [6, 6.07) is 0. The normalized spacial score (nSPS) is 21.6. The molecule has 1 N–H and O–H groups in total. The van der Waals surface area contributed by atoms with Gasteiger partial charge < -0.3 is 5.11 Å². The maximum absolute atomic E-state index is 10.3. The number of carbonyl (C=O) groups is 1. The van der Waals surface area contributed by atoms with E-state index in [4.69, 9.17) is 29.5 Å². The molecule has 14 heavy (non-hydrogen) atoms. The van der Waals surface area contributed by atoms with Crippen molar-refractivity contribution in [1.82, 2.24) is 0 Å². The molecule has 1 saturated carbocycles. The van der Waals surface area contributed by atoms with Gasteiger partial charge in [0.15, 0.2) is 0 Å². The van der Waals surface area contributed by atoms with Crippen LogP contribution < -0.4 is 0 Å². The minimum absolute atomic E-state index is 0.268. The van der Waals surface area contributed by atoms with E-state index in [1.807, 2.05) is 0 Å². The highest BCUT2D eigenvalue weighted by molar-refractivity contribution is 7.89. The topological polar surface area (TPSA) is 37.3 Å². The highest BCUT2D eigenvalue weighted by Crippen LogP contribution is 2.26. The summed E-state index contributed by atoms with van der Waals surface area (Å²) in [5.74, 6) is -0.263. The largest absolute Gasteiger partial charge is 0.481 e. The molecule has 1 atom stereocenters. The predicted octanol–water partition coefficient (Wildman–Crippen LogP) is 2.78. The van der Waals surface area contributed by atoms with E-state index in [9.17, 15) is 4.79 Å². The summed E-state index contributed by atoms with van der Waals surface area (Å²) < 4.78 is 0. The highest BCUT2D eigenvalue weighted by atomic mass is 32.1. The Morgan fingerprint density at radius 2 is 2.14 bits per heavy atom. The second-order valence-corrected chi connectivity index (χ2v) is 4.60. The summed E-state index contributed by atoms with van der Waals surface area (Å²) in [7, 11) is 0. The van der Waals surface area contributed by atoms with Crippen LogP contribution in [0.2, 0.25) is 0 Å². The van der Waals surface area contributed by atoms with Gasteiger partial charge >= 0.3 is 5.97 Å². The van der Waals surface area contributed by atoms with Crippen molar-refractivity contribution in [3.8, 4) is 0 Å². The Morgan fingerprint density at radius 1 is 1.43 bits per heavy atom. The van der Waals surface area contributed by atoms with Crippen molar-refractivity contribution >= 4 is 40.1 Å². The van der Waals surface area contributed by atoms with Gasteiger partial charge in [-0.1, -0.05) is 30.9 Å². The molecule has 1 unspecified atom stereocenters. The summed E-state index contributed by atoms with van der Waals surface area (Å²) in [4.78, 5) is 12.2. The van der Waals surface area contributed by atoms with Gasteiger partial charge in [-0.05, 0) is 31.6 Å². The molecule has 1 aliphatic carbocycles. The lowest BCUT2D eigenvalue weighted by atomic mass is 10.00. The Labute approximate surface area is 94.7 Å². The fourth-order valence-electron chi connectivity index (χ4n) is 1.73. The summed E-state index contributed by atoms with van der Waals surface area (Å²) in [6.07, 6.45) is 5.00. The number of hydrogen-bond acceptors (Lipinski definition) is 3. The molecule has 2 nitrogen and oxygen atoms in total. The van der Waals surface area contributed by atoms with E-state index >= 15 is 0 Å². The van der Waals surface area contributed by atoms with Gasteiger partial charge in [-0.25, -0.2) is 0 Å². The van der Waals surface area contributed by atoms with Crippen LogP contribution in [-0.2, 0) is 4.79 Å². The average Bonchev–Trinajstić information content (AvgIpc) is 2.43. The third-order valence-corrected chi connectivity index (χ3v) is 3.69. The van der Waals surface area contributed by atoms with Gasteiger partial charge in [0.2, 0.25) is 0 Å². The molecule has 0 saturated heterocycles. The van der Waals surface area contributed by atoms with Gasteiger partial charge in [-0.2, -0.15) is 0 Å². The van der Waals surface area contributed by atoms with Crippen LogP contribution in [0, 0.1) is 5.92 Å². The highest BCUT2D eigenvalue weighted by Gasteiger charge is 2.24. The maximum Gasteiger partial charge on any atom is 0.303 e. The van der Waals surface area contributed by atoms with Crippen LogP contribution in [0.5, 0.6) is 0 Å². The summed E-state index contributed by atoms with van der Waals surface area (Å²) in [5.41, 5.74) is 0. The Balaban J connectivity index is 2.16. The molecular formula is C10H14O2S2. The van der Waals surface area contributed by atoms with Crippen LogP contribution >= 0.6 is 24.4 Å². The number of rotatable bonds is 5. The lowest BCUT2D eigenvalue weighted by Crippen LogP contribution is -2.09. The third kappa shape index (κ3) is 3.42. The van der Waals surface area contributed by atoms with Crippen LogP contribution in [0.1, 0.15) is 38.5 Å². The van der Waals surface area contributed by atoms with Gasteiger partial charge in [0.05, 0.1) is 0 Å². The molecule has 0 heterocycles. The Bertz CT molecular complexity index is 261. The van der Waals surface area contributed by atoms with Crippen molar-refractivity contribution in [3.05, 3.63) is 0 Å². The summed E-state index contributed by atoms with van der Waals surface area (Å²) in [5, 5.41) is 8.45. The maximum atomic E-state index is 10.3. The first-order chi connectivity index (χ1) is 6.61. The van der Waals surface area contributed by atoms with E-state index < -0.39 is 5.97 Å². The smallest absolute Gasteiger partial charge is 0.303 e. The van der Waals surface area contributed by atoms with E-state index in [1.165, 1.54) is 0 Å². The van der Waals surface area contributed by atoms with Gasteiger partial charge in [-0.15, -0.1) is 0 Å². The van der Waals surface area contributed by atoms with E-state index in [1.54, 1.807) is 0 Å². The number of thiocarbonyl (C=S) groups is 2. The molecule has 78 valence electrons. The van der Waals surface area contributed by atoms with E-state index in [0.717, 1.165) is 41.8 Å². The summed E-state index contributed by atoms with van der Waals surface area (Å²) in [6.45, 7) is 0. The van der Waals surface area contributed by atoms with Crippen molar-refractivity contribution < 1.29 is 9.90 Å². The average molecular weight is 230 g/mol. The second kappa shape index (κ2) is 5.51. The molecule has 1 aliphatic rings.